The average Bonchev–Trinajstić information content (AvgIpc) is 2.91. The van der Waals surface area contributed by atoms with Crippen LogP contribution in [0.25, 0.3) is 0 Å². The minimum absolute atomic E-state index is 0.129. The molecule has 6 heteroatoms. The van der Waals surface area contributed by atoms with Crippen molar-refractivity contribution in [1.82, 2.24) is 0 Å². The van der Waals surface area contributed by atoms with E-state index in [1.165, 1.54) is 0 Å². The van der Waals surface area contributed by atoms with Gasteiger partial charge >= 0.3 is 0 Å². The van der Waals surface area contributed by atoms with E-state index < -0.39 is 22.7 Å². The molecule has 2 aliphatic heterocycles. The quantitative estimate of drug-likeness (QED) is 0.848. The highest BCUT2D eigenvalue weighted by atomic mass is 16.8. The summed E-state index contributed by atoms with van der Waals surface area (Å²) in [5.74, 6) is -1.76. The maximum absolute atomic E-state index is 10.0. The Morgan fingerprint density at radius 1 is 1.30 bits per heavy atom. The molecule has 1 saturated carbocycles. The van der Waals surface area contributed by atoms with Gasteiger partial charge in [0, 0.05) is 5.92 Å². The highest BCUT2D eigenvalue weighted by Crippen LogP contribution is 2.82. The first kappa shape index (κ1) is 14.2. The molecule has 23 heavy (non-hydrogen) atoms. The first-order chi connectivity index (χ1) is 11.0. The molecule has 0 unspecified atom stereocenters. The lowest BCUT2D eigenvalue weighted by atomic mass is 9.93. The molecule has 2 heterocycles. The monoisotopic (exact) mass is 308 g/mol. The van der Waals surface area contributed by atoms with Gasteiger partial charge in [-0.05, 0) is 25.0 Å². The van der Waals surface area contributed by atoms with Crippen LogP contribution >= 0.6 is 0 Å². The largest absolute Gasteiger partial charge is 0.386 e. The summed E-state index contributed by atoms with van der Waals surface area (Å²) >= 11 is 0. The average molecular weight is 308 g/mol. The van der Waals surface area contributed by atoms with Crippen molar-refractivity contribution in [2.24, 2.45) is 21.6 Å². The number of rotatable bonds is 1. The van der Waals surface area contributed by atoms with Gasteiger partial charge in [0.1, 0.15) is 11.3 Å². The number of fused-ring (bicyclic) bond motifs is 2. The van der Waals surface area contributed by atoms with Gasteiger partial charge in [-0.3, -0.25) is 0 Å². The van der Waals surface area contributed by atoms with E-state index in [-0.39, 0.29) is 11.9 Å². The summed E-state index contributed by atoms with van der Waals surface area (Å²) in [4.78, 5) is 4.30. The Morgan fingerprint density at radius 2 is 2.04 bits per heavy atom. The molecule has 0 aromatic heterocycles. The zero-order valence-electron chi connectivity index (χ0n) is 12.9. The Morgan fingerprint density at radius 3 is 2.61 bits per heavy atom. The molecule has 6 nitrogen and oxygen atoms in total. The van der Waals surface area contributed by atoms with Crippen molar-refractivity contribution in [1.29, 1.82) is 10.5 Å². The number of amidine groups is 1. The molecule has 4 rings (SSSR count). The zero-order valence-corrected chi connectivity index (χ0v) is 12.9. The van der Waals surface area contributed by atoms with E-state index in [2.05, 4.69) is 17.1 Å². The molecule has 1 aromatic rings. The molecule has 2 fully saturated rings. The molecule has 1 aromatic carbocycles. The minimum atomic E-state index is -1.48. The van der Waals surface area contributed by atoms with Crippen LogP contribution in [-0.2, 0) is 9.47 Å². The molecule has 2 N–H and O–H groups in total. The van der Waals surface area contributed by atoms with Crippen LogP contribution in [-0.4, -0.2) is 24.5 Å². The number of ether oxygens (including phenoxy) is 2. The molecular formula is C17H16N4O2. The summed E-state index contributed by atoms with van der Waals surface area (Å²) in [6, 6.07) is 12.3. The fourth-order valence-corrected chi connectivity index (χ4v) is 4.24. The third-order valence-corrected chi connectivity index (χ3v) is 5.30. The highest BCUT2D eigenvalue weighted by molar-refractivity contribution is 6.00. The van der Waals surface area contributed by atoms with Crippen molar-refractivity contribution in [3.63, 3.8) is 0 Å². The number of benzene rings is 1. The maximum atomic E-state index is 10.0. The SMILES string of the molecule is Cc1ccccc1[C@@H]1[C@@]2(C#N)[C@@]3(N=C(N)[C@@]12C#N)OC[C@H](C)O3. The second-order valence-corrected chi connectivity index (χ2v) is 6.45. The lowest BCUT2D eigenvalue weighted by molar-refractivity contribution is -0.193. The topological polar surface area (TPSA) is 104 Å². The van der Waals surface area contributed by atoms with Crippen molar-refractivity contribution in [3.8, 4) is 12.1 Å². The molecule has 3 aliphatic rings. The van der Waals surface area contributed by atoms with Crippen LogP contribution in [0.15, 0.2) is 29.3 Å². The summed E-state index contributed by atoms with van der Waals surface area (Å²) in [6.07, 6.45) is -0.204. The van der Waals surface area contributed by atoms with Crippen LogP contribution in [0.1, 0.15) is 24.0 Å². The number of nitrogens with zero attached hydrogens (tertiary/aromatic N) is 3. The standard InChI is InChI=1S/C17H16N4O2/c1-10-5-3-4-6-12(10)13-15(8-18)14(20)21-17(16(13,15)9-19)22-7-11(2)23-17/h3-6,11,13H,7H2,1-2H3,(H2,20,21)/t11-,13-,15+,16+,17+/m0/s1. The summed E-state index contributed by atoms with van der Waals surface area (Å²) in [6.45, 7) is 4.13. The van der Waals surface area contributed by atoms with Gasteiger partial charge < -0.3 is 15.2 Å². The minimum Gasteiger partial charge on any atom is -0.386 e. The van der Waals surface area contributed by atoms with Crippen LogP contribution in [0.5, 0.6) is 0 Å². The predicted molar refractivity (Wildman–Crippen MR) is 80.9 cm³/mol. The Balaban J connectivity index is 1.95. The molecule has 0 bridgehead atoms. The highest BCUT2D eigenvalue weighted by Gasteiger charge is 2.94. The van der Waals surface area contributed by atoms with Gasteiger partial charge in [0.25, 0.3) is 5.91 Å². The van der Waals surface area contributed by atoms with Gasteiger partial charge in [-0.1, -0.05) is 24.3 Å². The van der Waals surface area contributed by atoms with E-state index >= 15 is 0 Å². The smallest absolute Gasteiger partial charge is 0.293 e. The number of nitrogens with two attached hydrogens (primary N) is 1. The van der Waals surface area contributed by atoms with E-state index in [9.17, 15) is 10.5 Å². The third kappa shape index (κ3) is 1.29. The van der Waals surface area contributed by atoms with E-state index in [1.807, 2.05) is 38.1 Å². The van der Waals surface area contributed by atoms with Crippen molar-refractivity contribution in [2.75, 3.05) is 6.61 Å². The van der Waals surface area contributed by atoms with Gasteiger partial charge in [0.2, 0.25) is 0 Å². The van der Waals surface area contributed by atoms with Crippen LogP contribution in [0.3, 0.4) is 0 Å². The molecule has 1 spiro atoms. The Kier molecular flexibility index (Phi) is 2.54. The number of hydrogen-bond donors (Lipinski definition) is 1. The predicted octanol–water partition coefficient (Wildman–Crippen LogP) is 1.57. The second kappa shape index (κ2) is 4.11. The van der Waals surface area contributed by atoms with Crippen molar-refractivity contribution in [2.45, 2.75) is 31.8 Å². The van der Waals surface area contributed by atoms with Gasteiger partial charge in [-0.2, -0.15) is 10.5 Å². The van der Waals surface area contributed by atoms with E-state index in [4.69, 9.17) is 15.2 Å². The molecule has 1 saturated heterocycles. The van der Waals surface area contributed by atoms with Crippen LogP contribution in [0.4, 0.5) is 0 Å². The molecule has 0 amide bonds. The van der Waals surface area contributed by atoms with Crippen LogP contribution in [0, 0.1) is 40.4 Å². The fourth-order valence-electron chi connectivity index (χ4n) is 4.24. The first-order valence-corrected chi connectivity index (χ1v) is 7.54. The third-order valence-electron chi connectivity index (χ3n) is 5.30. The van der Waals surface area contributed by atoms with Crippen molar-refractivity contribution in [3.05, 3.63) is 35.4 Å². The van der Waals surface area contributed by atoms with E-state index in [0.717, 1.165) is 11.1 Å². The summed E-state index contributed by atoms with van der Waals surface area (Å²) < 4.78 is 11.7. The first-order valence-electron chi connectivity index (χ1n) is 7.54. The van der Waals surface area contributed by atoms with Crippen molar-refractivity contribution < 1.29 is 9.47 Å². The number of aryl methyl sites for hydroxylation is 1. The van der Waals surface area contributed by atoms with Gasteiger partial charge in [-0.15, -0.1) is 0 Å². The van der Waals surface area contributed by atoms with E-state index in [1.54, 1.807) is 0 Å². The maximum Gasteiger partial charge on any atom is 0.293 e. The van der Waals surface area contributed by atoms with Gasteiger partial charge in [0.15, 0.2) is 5.41 Å². The molecule has 116 valence electrons. The fraction of sp³-hybridized carbons (Fsp3) is 0.471. The second-order valence-electron chi connectivity index (χ2n) is 6.45. The van der Waals surface area contributed by atoms with E-state index in [0.29, 0.717) is 6.61 Å². The lowest BCUT2D eigenvalue weighted by Crippen LogP contribution is -2.39. The van der Waals surface area contributed by atoms with Crippen LogP contribution < -0.4 is 5.73 Å². The molecule has 1 aliphatic carbocycles. The number of aliphatic imine (C=N–C) groups is 1. The normalized spacial score (nSPS) is 43.6. The summed E-state index contributed by atoms with van der Waals surface area (Å²) in [5.41, 5.74) is 5.60. The lowest BCUT2D eigenvalue weighted by Gasteiger charge is -2.26. The number of hydrogen-bond acceptors (Lipinski definition) is 6. The molecule has 5 atom stereocenters. The van der Waals surface area contributed by atoms with Gasteiger partial charge in [-0.25, -0.2) is 4.99 Å². The number of nitriles is 2. The molecule has 0 radical (unpaired) electrons. The van der Waals surface area contributed by atoms with Gasteiger partial charge in [0.05, 0.1) is 24.8 Å². The Bertz CT molecular complexity index is 823. The summed E-state index contributed by atoms with van der Waals surface area (Å²) in [5, 5.41) is 19.9. The molecular weight excluding hydrogens is 292 g/mol. The zero-order chi connectivity index (χ0) is 16.5. The summed E-state index contributed by atoms with van der Waals surface area (Å²) in [7, 11) is 0. The van der Waals surface area contributed by atoms with Crippen molar-refractivity contribution >= 4 is 5.84 Å². The Labute approximate surface area is 134 Å². The van der Waals surface area contributed by atoms with Crippen LogP contribution in [0.2, 0.25) is 0 Å². The Hall–Kier alpha value is -2.41.